The molecule has 1 fully saturated rings. The van der Waals surface area contributed by atoms with Crippen LogP contribution in [0.25, 0.3) is 0 Å². The van der Waals surface area contributed by atoms with E-state index in [1.54, 1.807) is 6.92 Å². The Hall–Kier alpha value is -1.50. The van der Waals surface area contributed by atoms with E-state index in [0.717, 1.165) is 6.08 Å². The Morgan fingerprint density at radius 1 is 1.43 bits per heavy atom. The average molecular weight is 304 g/mol. The first-order valence-corrected chi connectivity index (χ1v) is 7.00. The van der Waals surface area contributed by atoms with Gasteiger partial charge in [0.15, 0.2) is 0 Å². The maximum Gasteiger partial charge on any atom is 0.412 e. The molecule has 1 unspecified atom stereocenters. The van der Waals surface area contributed by atoms with E-state index in [-0.39, 0.29) is 12.6 Å². The molecule has 0 aromatic rings. The molecule has 1 saturated heterocycles. The molecule has 1 atom stereocenters. The Balaban J connectivity index is 2.22. The molecule has 2 aliphatic rings. The van der Waals surface area contributed by atoms with Gasteiger partial charge in [-0.25, -0.2) is 0 Å². The summed E-state index contributed by atoms with van der Waals surface area (Å²) in [6.07, 6.45) is 0.445. The molecular weight excluding hydrogens is 285 g/mol. The summed E-state index contributed by atoms with van der Waals surface area (Å²) in [5.41, 5.74) is -0.302. The highest BCUT2D eigenvalue weighted by molar-refractivity contribution is 5.82. The number of carbonyl (C=O) groups is 1. The van der Waals surface area contributed by atoms with Crippen molar-refractivity contribution in [1.82, 2.24) is 10.6 Å². The summed E-state index contributed by atoms with van der Waals surface area (Å²) in [6, 6.07) is -1.71. The molecule has 0 aromatic carbocycles. The van der Waals surface area contributed by atoms with Crippen LogP contribution in [0.2, 0.25) is 0 Å². The topological polar surface area (TPSA) is 50.4 Å². The van der Waals surface area contributed by atoms with Crippen LogP contribution in [-0.4, -0.2) is 37.9 Å². The van der Waals surface area contributed by atoms with Crippen molar-refractivity contribution in [3.63, 3.8) is 0 Å². The van der Waals surface area contributed by atoms with Crippen LogP contribution in [0.1, 0.15) is 19.8 Å². The monoisotopic (exact) mass is 304 g/mol. The van der Waals surface area contributed by atoms with Gasteiger partial charge in [0.25, 0.3) is 0 Å². The molecule has 118 valence electrons. The summed E-state index contributed by atoms with van der Waals surface area (Å²) in [5.74, 6) is -0.366. The predicted molar refractivity (Wildman–Crippen MR) is 71.4 cm³/mol. The lowest BCUT2D eigenvalue weighted by Crippen LogP contribution is -2.46. The minimum Gasteiger partial charge on any atom is -0.465 e. The summed E-state index contributed by atoms with van der Waals surface area (Å²) in [7, 11) is 0. The van der Waals surface area contributed by atoms with Gasteiger partial charge in [-0.15, -0.1) is 0 Å². The van der Waals surface area contributed by atoms with Crippen molar-refractivity contribution in [3.05, 3.63) is 23.9 Å². The van der Waals surface area contributed by atoms with Crippen LogP contribution in [0.4, 0.5) is 13.2 Å². The standard InChI is InChI=1S/C14H19F3N2O2/c1-2-21-12(20)13(5-7-18-8-6-13)10-3-4-11(19-9-10)14(15,16)17/h3-4,9,11,18-19H,2,5-8H2,1H3. The zero-order valence-electron chi connectivity index (χ0n) is 11.8. The summed E-state index contributed by atoms with van der Waals surface area (Å²) < 4.78 is 43.1. The lowest BCUT2D eigenvalue weighted by Gasteiger charge is -2.37. The van der Waals surface area contributed by atoms with Crippen molar-refractivity contribution >= 4 is 5.97 Å². The second-order valence-electron chi connectivity index (χ2n) is 5.20. The van der Waals surface area contributed by atoms with Crippen molar-refractivity contribution in [2.75, 3.05) is 19.7 Å². The van der Waals surface area contributed by atoms with Crippen LogP contribution in [0.15, 0.2) is 23.9 Å². The van der Waals surface area contributed by atoms with Crippen molar-refractivity contribution in [1.29, 1.82) is 0 Å². The molecule has 0 aromatic heterocycles. The van der Waals surface area contributed by atoms with Crippen LogP contribution in [0.5, 0.6) is 0 Å². The summed E-state index contributed by atoms with van der Waals surface area (Å²) in [4.78, 5) is 12.3. The van der Waals surface area contributed by atoms with E-state index >= 15 is 0 Å². The molecule has 0 bridgehead atoms. The van der Waals surface area contributed by atoms with Gasteiger partial charge in [0.05, 0.1) is 12.0 Å². The zero-order valence-corrected chi connectivity index (χ0v) is 11.8. The number of allylic oxidation sites excluding steroid dienone is 1. The third-order valence-corrected chi connectivity index (χ3v) is 3.92. The number of halogens is 3. The normalized spacial score (nSPS) is 25.0. The van der Waals surface area contributed by atoms with E-state index in [9.17, 15) is 18.0 Å². The second kappa shape index (κ2) is 6.09. The third kappa shape index (κ3) is 3.23. The van der Waals surface area contributed by atoms with Gasteiger partial charge in [-0.1, -0.05) is 12.2 Å². The number of hydrogen-bond donors (Lipinski definition) is 2. The fourth-order valence-corrected chi connectivity index (χ4v) is 2.72. The first-order valence-electron chi connectivity index (χ1n) is 7.00. The largest absolute Gasteiger partial charge is 0.465 e. The molecule has 2 N–H and O–H groups in total. The molecule has 0 amide bonds. The van der Waals surface area contributed by atoms with E-state index in [2.05, 4.69) is 10.6 Å². The highest BCUT2D eigenvalue weighted by atomic mass is 19.4. The van der Waals surface area contributed by atoms with Crippen LogP contribution in [0, 0.1) is 5.41 Å². The van der Waals surface area contributed by atoms with E-state index in [4.69, 9.17) is 4.74 Å². The van der Waals surface area contributed by atoms with Gasteiger partial charge < -0.3 is 15.4 Å². The van der Waals surface area contributed by atoms with Gasteiger partial charge in [-0.05, 0) is 38.4 Å². The first kappa shape index (κ1) is 15.9. The highest BCUT2D eigenvalue weighted by Gasteiger charge is 2.45. The van der Waals surface area contributed by atoms with E-state index in [1.807, 2.05) is 0 Å². The molecule has 0 saturated carbocycles. The number of hydrogen-bond acceptors (Lipinski definition) is 4. The Labute approximate surface area is 121 Å². The number of ether oxygens (including phenoxy) is 1. The Kier molecular flexibility index (Phi) is 4.61. The van der Waals surface area contributed by atoms with Crippen LogP contribution >= 0.6 is 0 Å². The fraction of sp³-hybridized carbons (Fsp3) is 0.643. The predicted octanol–water partition coefficient (Wildman–Crippen LogP) is 1.89. The van der Waals surface area contributed by atoms with Gasteiger partial charge in [-0.2, -0.15) is 13.2 Å². The van der Waals surface area contributed by atoms with Crippen LogP contribution in [0.3, 0.4) is 0 Å². The van der Waals surface area contributed by atoms with Crippen molar-refractivity contribution < 1.29 is 22.7 Å². The number of dihydropyridines is 1. The Morgan fingerprint density at radius 2 is 2.10 bits per heavy atom. The quantitative estimate of drug-likeness (QED) is 0.782. The SMILES string of the molecule is CCOC(=O)C1(C2=CNC(C(F)(F)F)C=C2)CCNCC1. The lowest BCUT2D eigenvalue weighted by molar-refractivity contribution is -0.154. The molecular formula is C14H19F3N2O2. The van der Waals surface area contributed by atoms with E-state index < -0.39 is 17.6 Å². The maximum atomic E-state index is 12.6. The summed E-state index contributed by atoms with van der Waals surface area (Å²) in [5, 5.41) is 5.48. The fourth-order valence-electron chi connectivity index (χ4n) is 2.72. The first-order chi connectivity index (χ1) is 9.90. The van der Waals surface area contributed by atoms with Gasteiger partial charge in [0.1, 0.15) is 6.04 Å². The number of piperidine rings is 1. The zero-order chi connectivity index (χ0) is 15.5. The van der Waals surface area contributed by atoms with Gasteiger partial charge in [-0.3, -0.25) is 4.79 Å². The van der Waals surface area contributed by atoms with Crippen molar-refractivity contribution in [3.8, 4) is 0 Å². The molecule has 2 aliphatic heterocycles. The van der Waals surface area contributed by atoms with Crippen molar-refractivity contribution in [2.24, 2.45) is 5.41 Å². The van der Waals surface area contributed by atoms with Gasteiger partial charge in [0, 0.05) is 6.20 Å². The van der Waals surface area contributed by atoms with E-state index in [1.165, 1.54) is 12.3 Å². The Morgan fingerprint density at radius 3 is 2.57 bits per heavy atom. The molecule has 2 heterocycles. The number of nitrogens with one attached hydrogen (secondary N) is 2. The molecule has 0 spiro atoms. The molecule has 2 rings (SSSR count). The number of alkyl halides is 3. The Bertz CT molecular complexity index is 452. The minimum atomic E-state index is -4.34. The van der Waals surface area contributed by atoms with Gasteiger partial charge >= 0.3 is 12.1 Å². The molecule has 0 radical (unpaired) electrons. The third-order valence-electron chi connectivity index (χ3n) is 3.92. The molecule has 21 heavy (non-hydrogen) atoms. The molecule has 4 nitrogen and oxygen atoms in total. The summed E-state index contributed by atoms with van der Waals surface area (Å²) >= 11 is 0. The number of rotatable bonds is 3. The average Bonchev–Trinajstić information content (AvgIpc) is 2.47. The maximum absolute atomic E-state index is 12.6. The second-order valence-corrected chi connectivity index (χ2v) is 5.20. The van der Waals surface area contributed by atoms with Crippen molar-refractivity contribution in [2.45, 2.75) is 32.0 Å². The number of esters is 1. The smallest absolute Gasteiger partial charge is 0.412 e. The summed E-state index contributed by atoms with van der Waals surface area (Å²) in [6.45, 7) is 3.23. The number of carbonyl (C=O) groups excluding carboxylic acids is 1. The van der Waals surface area contributed by atoms with E-state index in [0.29, 0.717) is 31.5 Å². The molecule has 7 heteroatoms. The lowest BCUT2D eigenvalue weighted by atomic mass is 9.72. The highest BCUT2D eigenvalue weighted by Crippen LogP contribution is 2.40. The van der Waals surface area contributed by atoms with Gasteiger partial charge in [0.2, 0.25) is 0 Å². The van der Waals surface area contributed by atoms with Crippen LogP contribution < -0.4 is 10.6 Å². The van der Waals surface area contributed by atoms with Crippen LogP contribution in [-0.2, 0) is 9.53 Å². The molecule has 0 aliphatic carbocycles. The minimum absolute atomic E-state index is 0.254.